The first kappa shape index (κ1) is 24.6. The highest BCUT2D eigenvalue weighted by atomic mass is 15.2. The maximum atomic E-state index is 2.58. The number of para-hydroxylation sites is 4. The Balaban J connectivity index is 1.14. The van der Waals surface area contributed by atoms with Gasteiger partial charge in [0.15, 0.2) is 0 Å². The fraction of sp³-hybridized carbons (Fsp3) is 0.278. The fourth-order valence-electron chi connectivity index (χ4n) is 6.68. The van der Waals surface area contributed by atoms with Crippen molar-refractivity contribution in [3.05, 3.63) is 133 Å². The van der Waals surface area contributed by atoms with E-state index in [-0.39, 0.29) is 0 Å². The first-order valence-corrected chi connectivity index (χ1v) is 14.3. The van der Waals surface area contributed by atoms with Crippen LogP contribution in [-0.2, 0) is 0 Å². The van der Waals surface area contributed by atoms with Crippen LogP contribution in [0.4, 0.5) is 22.7 Å². The summed E-state index contributed by atoms with van der Waals surface area (Å²) in [6.45, 7) is 0. The normalized spacial score (nSPS) is 23.1. The van der Waals surface area contributed by atoms with Crippen molar-refractivity contribution in [2.45, 2.75) is 50.6 Å². The second kappa shape index (κ2) is 11.7. The third-order valence-electron chi connectivity index (χ3n) is 8.56. The van der Waals surface area contributed by atoms with Gasteiger partial charge in [-0.25, -0.2) is 0 Å². The third kappa shape index (κ3) is 5.41. The summed E-state index contributed by atoms with van der Waals surface area (Å²) in [6.07, 6.45) is 12.7. The summed E-state index contributed by atoms with van der Waals surface area (Å²) in [4.78, 5) is 5.10. The second-order valence-electron chi connectivity index (χ2n) is 10.8. The summed E-state index contributed by atoms with van der Waals surface area (Å²) in [5.41, 5.74) is 5.16. The zero-order valence-electron chi connectivity index (χ0n) is 22.1. The summed E-state index contributed by atoms with van der Waals surface area (Å²) in [7, 11) is 0. The molecule has 0 amide bonds. The predicted molar refractivity (Wildman–Crippen MR) is 161 cm³/mol. The summed E-state index contributed by atoms with van der Waals surface area (Å²) in [5, 5.41) is 0. The molecule has 192 valence electrons. The molecule has 0 aliphatic heterocycles. The van der Waals surface area contributed by atoms with Gasteiger partial charge >= 0.3 is 0 Å². The van der Waals surface area contributed by atoms with E-state index in [1.807, 2.05) is 0 Å². The smallest absolute Gasteiger partial charge is 0.0522 e. The highest BCUT2D eigenvalue weighted by molar-refractivity contribution is 5.65. The van der Waals surface area contributed by atoms with Crippen molar-refractivity contribution in [1.29, 1.82) is 0 Å². The number of hydrogen-bond donors (Lipinski definition) is 0. The van der Waals surface area contributed by atoms with Crippen LogP contribution in [0.25, 0.3) is 0 Å². The van der Waals surface area contributed by atoms with Crippen molar-refractivity contribution in [2.24, 2.45) is 11.8 Å². The Labute approximate surface area is 228 Å². The van der Waals surface area contributed by atoms with Crippen LogP contribution >= 0.6 is 0 Å². The molecule has 2 aliphatic carbocycles. The topological polar surface area (TPSA) is 6.48 Å². The van der Waals surface area contributed by atoms with Crippen LogP contribution in [0.1, 0.15) is 38.5 Å². The highest BCUT2D eigenvalue weighted by Gasteiger charge is 2.32. The standard InChI is InChI=1S/C36H38N2/c1-5-13-31(14-6-1)37(32-15-7-2-8-16-32)35-25-21-29(22-26-35)30-23-27-36(28-24-30)38(33-17-9-3-10-18-33)34-19-11-4-12-20-34/h1-21,25,29-30,35-36H,22-24,26-28H2. The number of anilines is 4. The van der Waals surface area contributed by atoms with Gasteiger partial charge in [-0.15, -0.1) is 0 Å². The Hall–Kier alpha value is -3.78. The number of nitrogens with zero attached hydrogens (tertiary/aromatic N) is 2. The van der Waals surface area contributed by atoms with Gasteiger partial charge in [0.05, 0.1) is 6.04 Å². The molecule has 4 aromatic carbocycles. The van der Waals surface area contributed by atoms with Crippen LogP contribution in [0, 0.1) is 11.8 Å². The number of rotatable bonds is 7. The molecule has 0 bridgehead atoms. The number of benzene rings is 4. The third-order valence-corrected chi connectivity index (χ3v) is 8.56. The molecule has 6 rings (SSSR count). The van der Waals surface area contributed by atoms with Crippen LogP contribution in [0.2, 0.25) is 0 Å². The van der Waals surface area contributed by atoms with E-state index >= 15 is 0 Å². The molecule has 4 aromatic rings. The molecule has 2 aliphatic rings. The molecule has 1 fully saturated rings. The molecule has 0 heterocycles. The zero-order chi connectivity index (χ0) is 25.6. The predicted octanol–water partition coefficient (Wildman–Crippen LogP) is 9.56. The summed E-state index contributed by atoms with van der Waals surface area (Å²) in [6, 6.07) is 44.6. The van der Waals surface area contributed by atoms with Crippen molar-refractivity contribution >= 4 is 22.7 Å². The van der Waals surface area contributed by atoms with Gasteiger partial charge in [0.25, 0.3) is 0 Å². The van der Waals surface area contributed by atoms with Gasteiger partial charge in [-0.1, -0.05) is 84.9 Å². The minimum absolute atomic E-state index is 0.402. The molecule has 2 nitrogen and oxygen atoms in total. The Morgan fingerprint density at radius 1 is 0.395 bits per heavy atom. The molecule has 2 atom stereocenters. The summed E-state index contributed by atoms with van der Waals surface area (Å²) >= 11 is 0. The van der Waals surface area contributed by atoms with Crippen LogP contribution < -0.4 is 9.80 Å². The van der Waals surface area contributed by atoms with Gasteiger partial charge in [0, 0.05) is 28.8 Å². The molecule has 1 saturated carbocycles. The lowest BCUT2D eigenvalue weighted by atomic mass is 9.73. The van der Waals surface area contributed by atoms with E-state index in [0.29, 0.717) is 18.0 Å². The lowest BCUT2D eigenvalue weighted by molar-refractivity contribution is 0.246. The minimum Gasteiger partial charge on any atom is -0.338 e. The maximum Gasteiger partial charge on any atom is 0.0522 e. The van der Waals surface area contributed by atoms with Crippen molar-refractivity contribution in [2.75, 3.05) is 9.80 Å². The monoisotopic (exact) mass is 498 g/mol. The van der Waals surface area contributed by atoms with Crippen LogP contribution in [0.15, 0.2) is 133 Å². The molecule has 0 radical (unpaired) electrons. The molecule has 0 N–H and O–H groups in total. The van der Waals surface area contributed by atoms with Crippen molar-refractivity contribution in [3.63, 3.8) is 0 Å². The van der Waals surface area contributed by atoms with E-state index in [2.05, 4.69) is 143 Å². The van der Waals surface area contributed by atoms with E-state index in [4.69, 9.17) is 0 Å². The van der Waals surface area contributed by atoms with E-state index in [0.717, 1.165) is 5.92 Å². The van der Waals surface area contributed by atoms with Gasteiger partial charge < -0.3 is 9.80 Å². The summed E-state index contributed by atoms with van der Waals surface area (Å²) < 4.78 is 0. The number of allylic oxidation sites excluding steroid dienone is 1. The first-order chi connectivity index (χ1) is 18.9. The molecule has 2 heteroatoms. The average molecular weight is 499 g/mol. The molecule has 0 aromatic heterocycles. The van der Waals surface area contributed by atoms with Gasteiger partial charge in [-0.2, -0.15) is 0 Å². The molecule has 0 saturated heterocycles. The highest BCUT2D eigenvalue weighted by Crippen LogP contribution is 2.41. The molecular formula is C36H38N2. The Morgan fingerprint density at radius 2 is 0.816 bits per heavy atom. The molecule has 38 heavy (non-hydrogen) atoms. The van der Waals surface area contributed by atoms with Crippen molar-refractivity contribution < 1.29 is 0 Å². The zero-order valence-corrected chi connectivity index (χ0v) is 22.1. The van der Waals surface area contributed by atoms with E-state index in [1.54, 1.807) is 0 Å². The molecular weight excluding hydrogens is 460 g/mol. The lowest BCUT2D eigenvalue weighted by Gasteiger charge is -2.41. The van der Waals surface area contributed by atoms with Gasteiger partial charge in [-0.3, -0.25) is 0 Å². The first-order valence-electron chi connectivity index (χ1n) is 14.3. The molecule has 0 spiro atoms. The van der Waals surface area contributed by atoms with E-state index < -0.39 is 0 Å². The average Bonchev–Trinajstić information content (AvgIpc) is 3.00. The van der Waals surface area contributed by atoms with Gasteiger partial charge in [0.1, 0.15) is 0 Å². The number of hydrogen-bond acceptors (Lipinski definition) is 2. The quantitative estimate of drug-likeness (QED) is 0.234. The fourth-order valence-corrected chi connectivity index (χ4v) is 6.68. The summed E-state index contributed by atoms with van der Waals surface area (Å²) in [5.74, 6) is 1.49. The Bertz CT molecular complexity index is 1200. The van der Waals surface area contributed by atoms with Crippen molar-refractivity contribution in [1.82, 2.24) is 0 Å². The largest absolute Gasteiger partial charge is 0.338 e. The Kier molecular flexibility index (Phi) is 7.58. The van der Waals surface area contributed by atoms with Gasteiger partial charge in [-0.05, 0) is 98.9 Å². The maximum absolute atomic E-state index is 2.58. The van der Waals surface area contributed by atoms with Gasteiger partial charge in [0.2, 0.25) is 0 Å². The van der Waals surface area contributed by atoms with Crippen molar-refractivity contribution in [3.8, 4) is 0 Å². The SMILES string of the molecule is C1=CC(N(c2ccccc2)c2ccccc2)CCC1C1CCC(N(c2ccccc2)c2ccccc2)CC1. The van der Waals surface area contributed by atoms with Crippen LogP contribution in [-0.4, -0.2) is 12.1 Å². The van der Waals surface area contributed by atoms with E-state index in [1.165, 1.54) is 61.3 Å². The Morgan fingerprint density at radius 3 is 1.21 bits per heavy atom. The van der Waals surface area contributed by atoms with Crippen LogP contribution in [0.5, 0.6) is 0 Å². The van der Waals surface area contributed by atoms with E-state index in [9.17, 15) is 0 Å². The molecule has 2 unspecified atom stereocenters. The van der Waals surface area contributed by atoms with Crippen LogP contribution in [0.3, 0.4) is 0 Å². The second-order valence-corrected chi connectivity index (χ2v) is 10.8. The lowest BCUT2D eigenvalue weighted by Crippen LogP contribution is -2.37. The minimum atomic E-state index is 0.402.